The van der Waals surface area contributed by atoms with Gasteiger partial charge in [0.25, 0.3) is 0 Å². The molecule has 0 saturated heterocycles. The molecular weight excluding hydrogens is 318 g/mol. The topological polar surface area (TPSA) is 95.6 Å². The number of hydrogen-bond acceptors (Lipinski definition) is 4. The summed E-state index contributed by atoms with van der Waals surface area (Å²) in [5.74, 6) is -1.90. The van der Waals surface area contributed by atoms with E-state index in [-0.39, 0.29) is 25.7 Å². The van der Waals surface area contributed by atoms with Gasteiger partial charge in [-0.2, -0.15) is 0 Å². The summed E-state index contributed by atoms with van der Waals surface area (Å²) in [4.78, 5) is 11.7. The van der Waals surface area contributed by atoms with Crippen molar-refractivity contribution in [3.8, 4) is 0 Å². The smallest absolute Gasteiger partial charge is 0.246 e. The Bertz CT molecular complexity index is 535. The number of nitrogens with one attached hydrogen (secondary N) is 1. The predicted molar refractivity (Wildman–Crippen MR) is 86.5 cm³/mol. The van der Waals surface area contributed by atoms with Crippen molar-refractivity contribution in [1.82, 2.24) is 5.48 Å². The van der Waals surface area contributed by atoms with Gasteiger partial charge in [-0.15, -0.1) is 0 Å². The first kappa shape index (κ1) is 20.5. The van der Waals surface area contributed by atoms with Crippen molar-refractivity contribution in [2.45, 2.75) is 57.3 Å². The zero-order valence-electron chi connectivity index (χ0n) is 14.0. The summed E-state index contributed by atoms with van der Waals surface area (Å²) in [6, 6.07) is 5.32. The largest absolute Gasteiger partial charge is 0.391 e. The molecule has 0 fully saturated rings. The van der Waals surface area contributed by atoms with E-state index in [9.17, 15) is 18.7 Å². The van der Waals surface area contributed by atoms with Gasteiger partial charge in [-0.25, -0.2) is 14.3 Å². The van der Waals surface area contributed by atoms with Crippen molar-refractivity contribution in [1.29, 1.82) is 0 Å². The molecule has 5 N–H and O–H groups in total. The fourth-order valence-corrected chi connectivity index (χ4v) is 2.48. The van der Waals surface area contributed by atoms with Gasteiger partial charge in [0.1, 0.15) is 11.5 Å². The van der Waals surface area contributed by atoms with Gasteiger partial charge in [0.15, 0.2) is 0 Å². The number of benzene rings is 1. The first-order valence-corrected chi connectivity index (χ1v) is 7.94. The van der Waals surface area contributed by atoms with Gasteiger partial charge in [-0.05, 0) is 51.2 Å². The molecule has 5 nitrogen and oxygen atoms in total. The van der Waals surface area contributed by atoms with Crippen LogP contribution >= 0.6 is 0 Å². The SMILES string of the molecule is CC(C)(F)CCC(CC(O)C(N)Cc1ccccc1F)C(=O)NO. The van der Waals surface area contributed by atoms with Gasteiger partial charge in [0.2, 0.25) is 5.91 Å². The Morgan fingerprint density at radius 1 is 1.38 bits per heavy atom. The van der Waals surface area contributed by atoms with Crippen molar-refractivity contribution in [3.63, 3.8) is 0 Å². The minimum absolute atomic E-state index is 0.0436. The Labute approximate surface area is 140 Å². The molecule has 1 aromatic carbocycles. The van der Waals surface area contributed by atoms with Gasteiger partial charge in [0.05, 0.1) is 6.10 Å². The van der Waals surface area contributed by atoms with Gasteiger partial charge >= 0.3 is 0 Å². The summed E-state index contributed by atoms with van der Waals surface area (Å²) in [7, 11) is 0. The van der Waals surface area contributed by atoms with Crippen LogP contribution in [0.1, 0.15) is 38.7 Å². The number of hydrogen-bond donors (Lipinski definition) is 4. The maximum Gasteiger partial charge on any atom is 0.246 e. The van der Waals surface area contributed by atoms with E-state index in [1.54, 1.807) is 18.2 Å². The van der Waals surface area contributed by atoms with E-state index < -0.39 is 35.5 Å². The number of halogens is 2. The molecule has 0 bridgehead atoms. The van der Waals surface area contributed by atoms with Crippen LogP contribution in [0.25, 0.3) is 0 Å². The van der Waals surface area contributed by atoms with Crippen LogP contribution in [0, 0.1) is 11.7 Å². The number of aliphatic hydroxyl groups excluding tert-OH is 1. The number of amides is 1. The molecule has 0 aliphatic carbocycles. The highest BCUT2D eigenvalue weighted by Gasteiger charge is 2.28. The highest BCUT2D eigenvalue weighted by Crippen LogP contribution is 2.24. The molecule has 136 valence electrons. The molecular formula is C17H26F2N2O3. The second-order valence-corrected chi connectivity index (χ2v) is 6.69. The number of aliphatic hydroxyl groups is 1. The third kappa shape index (κ3) is 6.90. The number of carbonyl (C=O) groups excluding carboxylic acids is 1. The molecule has 1 aromatic rings. The van der Waals surface area contributed by atoms with Crippen LogP contribution in [-0.4, -0.2) is 34.0 Å². The van der Waals surface area contributed by atoms with E-state index in [1.165, 1.54) is 25.4 Å². The van der Waals surface area contributed by atoms with E-state index in [0.29, 0.717) is 5.56 Å². The maximum atomic E-state index is 13.6. The molecule has 24 heavy (non-hydrogen) atoms. The molecule has 0 spiro atoms. The van der Waals surface area contributed by atoms with Crippen LogP contribution in [0.2, 0.25) is 0 Å². The number of nitrogens with two attached hydrogens (primary N) is 1. The molecule has 0 heterocycles. The minimum Gasteiger partial charge on any atom is -0.391 e. The van der Waals surface area contributed by atoms with Gasteiger partial charge < -0.3 is 10.8 Å². The highest BCUT2D eigenvalue weighted by atomic mass is 19.1. The number of alkyl halides is 1. The summed E-state index contributed by atoms with van der Waals surface area (Å²) in [5, 5.41) is 19.0. The summed E-state index contributed by atoms with van der Waals surface area (Å²) < 4.78 is 27.3. The van der Waals surface area contributed by atoms with Gasteiger partial charge in [0, 0.05) is 12.0 Å². The van der Waals surface area contributed by atoms with E-state index in [2.05, 4.69) is 0 Å². The van der Waals surface area contributed by atoms with E-state index in [1.807, 2.05) is 0 Å². The Hall–Kier alpha value is -1.57. The lowest BCUT2D eigenvalue weighted by Gasteiger charge is -2.25. The van der Waals surface area contributed by atoms with Gasteiger partial charge in [-0.1, -0.05) is 18.2 Å². The van der Waals surface area contributed by atoms with Crippen LogP contribution < -0.4 is 11.2 Å². The quantitative estimate of drug-likeness (QED) is 0.407. The molecule has 0 aliphatic rings. The molecule has 3 atom stereocenters. The lowest BCUT2D eigenvalue weighted by molar-refractivity contribution is -0.135. The first-order valence-electron chi connectivity index (χ1n) is 7.94. The molecule has 3 unspecified atom stereocenters. The summed E-state index contributed by atoms with van der Waals surface area (Å²) in [6.45, 7) is 2.78. The van der Waals surface area contributed by atoms with Crippen molar-refractivity contribution in [2.24, 2.45) is 11.7 Å². The molecule has 1 amide bonds. The van der Waals surface area contributed by atoms with Crippen molar-refractivity contribution < 1.29 is 23.9 Å². The fraction of sp³-hybridized carbons (Fsp3) is 0.588. The van der Waals surface area contributed by atoms with Crippen LogP contribution in [0.5, 0.6) is 0 Å². The van der Waals surface area contributed by atoms with Gasteiger partial charge in [-0.3, -0.25) is 10.0 Å². The highest BCUT2D eigenvalue weighted by molar-refractivity contribution is 5.77. The maximum absolute atomic E-state index is 13.6. The monoisotopic (exact) mass is 344 g/mol. The fourth-order valence-electron chi connectivity index (χ4n) is 2.48. The lowest BCUT2D eigenvalue weighted by atomic mass is 9.88. The summed E-state index contributed by atoms with van der Waals surface area (Å²) in [5.41, 5.74) is 6.34. The first-order chi connectivity index (χ1) is 11.1. The van der Waals surface area contributed by atoms with E-state index in [4.69, 9.17) is 10.9 Å². The number of hydroxylamine groups is 1. The van der Waals surface area contributed by atoms with Crippen molar-refractivity contribution >= 4 is 5.91 Å². The third-order valence-corrected chi connectivity index (χ3v) is 4.00. The van der Waals surface area contributed by atoms with Crippen molar-refractivity contribution in [2.75, 3.05) is 0 Å². The predicted octanol–water partition coefficient (Wildman–Crippen LogP) is 2.10. The van der Waals surface area contributed by atoms with Crippen LogP contribution in [0.3, 0.4) is 0 Å². The Balaban J connectivity index is 2.67. The second-order valence-electron chi connectivity index (χ2n) is 6.69. The summed E-state index contributed by atoms with van der Waals surface area (Å²) >= 11 is 0. The molecule has 0 aromatic heterocycles. The van der Waals surface area contributed by atoms with Crippen molar-refractivity contribution in [3.05, 3.63) is 35.6 Å². The Morgan fingerprint density at radius 3 is 2.54 bits per heavy atom. The Morgan fingerprint density at radius 2 is 2.00 bits per heavy atom. The van der Waals surface area contributed by atoms with Crippen LogP contribution in [0.15, 0.2) is 24.3 Å². The molecule has 7 heteroatoms. The number of carbonyl (C=O) groups is 1. The molecule has 1 rings (SSSR count). The van der Waals surface area contributed by atoms with E-state index in [0.717, 1.165) is 0 Å². The molecule has 0 saturated carbocycles. The Kier molecular flexibility index (Phi) is 7.72. The summed E-state index contributed by atoms with van der Waals surface area (Å²) in [6.07, 6.45) is -0.775. The molecule has 0 aliphatic heterocycles. The second kappa shape index (κ2) is 9.05. The zero-order chi connectivity index (χ0) is 18.3. The average molecular weight is 344 g/mol. The zero-order valence-corrected chi connectivity index (χ0v) is 14.0. The number of rotatable bonds is 9. The van der Waals surface area contributed by atoms with E-state index >= 15 is 0 Å². The van der Waals surface area contributed by atoms with Crippen LogP contribution in [-0.2, 0) is 11.2 Å². The standard InChI is InChI=1S/C17H26F2N2O3/c1-17(2,19)8-7-12(16(23)21-24)10-15(22)14(20)9-11-5-3-4-6-13(11)18/h3-6,12,14-15,22,24H,7-10,20H2,1-2H3,(H,21,23). The third-order valence-electron chi connectivity index (χ3n) is 4.00. The van der Waals surface area contributed by atoms with Crippen LogP contribution in [0.4, 0.5) is 8.78 Å². The minimum atomic E-state index is -1.46. The average Bonchev–Trinajstić information content (AvgIpc) is 2.51. The normalized spacial score (nSPS) is 15.6. The molecule has 0 radical (unpaired) electrons. The lowest BCUT2D eigenvalue weighted by Crippen LogP contribution is -2.41.